The molecule has 1 aliphatic heterocycles. The maximum Gasteiger partial charge on any atom is 0.258 e. The zero-order valence-corrected chi connectivity index (χ0v) is 16.0. The van der Waals surface area contributed by atoms with E-state index in [4.69, 9.17) is 11.6 Å². The molecule has 0 unspecified atom stereocenters. The predicted molar refractivity (Wildman–Crippen MR) is 101 cm³/mol. The number of piperidine rings is 1. The molecule has 1 aromatic carbocycles. The number of carbonyl (C=O) groups excluding carboxylic acids is 1. The van der Waals surface area contributed by atoms with Gasteiger partial charge in [0.05, 0.1) is 11.3 Å². The highest BCUT2D eigenvalue weighted by Gasteiger charge is 2.27. The number of carbonyl (C=O) groups is 1. The molecule has 2 heterocycles. The Hall–Kier alpha value is -1.81. The van der Waals surface area contributed by atoms with Gasteiger partial charge in [-0.15, -0.1) is 0 Å². The van der Waals surface area contributed by atoms with E-state index in [1.54, 1.807) is 11.7 Å². The predicted octanol–water partition coefficient (Wildman–Crippen LogP) is 4.18. The maximum atomic E-state index is 12.8. The van der Waals surface area contributed by atoms with Crippen molar-refractivity contribution in [2.75, 3.05) is 13.1 Å². The van der Waals surface area contributed by atoms with Crippen molar-refractivity contribution in [3.63, 3.8) is 0 Å². The van der Waals surface area contributed by atoms with Crippen LogP contribution in [0.4, 0.5) is 0 Å². The van der Waals surface area contributed by atoms with E-state index in [2.05, 4.69) is 36.3 Å². The van der Waals surface area contributed by atoms with Crippen LogP contribution in [0.3, 0.4) is 0 Å². The third-order valence-electron chi connectivity index (χ3n) is 5.23. The monoisotopic (exact) mass is 359 g/mol. The van der Waals surface area contributed by atoms with Gasteiger partial charge in [-0.2, -0.15) is 5.10 Å². The van der Waals surface area contributed by atoms with E-state index < -0.39 is 0 Å². The molecule has 134 valence electrons. The van der Waals surface area contributed by atoms with Crippen molar-refractivity contribution < 1.29 is 4.79 Å². The molecular weight excluding hydrogens is 334 g/mol. The molecule has 1 aliphatic rings. The summed E-state index contributed by atoms with van der Waals surface area (Å²) < 4.78 is 1.57. The maximum absolute atomic E-state index is 12.8. The van der Waals surface area contributed by atoms with Crippen LogP contribution in [0.25, 0.3) is 0 Å². The number of aromatic nitrogens is 2. The van der Waals surface area contributed by atoms with E-state index in [-0.39, 0.29) is 5.91 Å². The molecule has 25 heavy (non-hydrogen) atoms. The van der Waals surface area contributed by atoms with E-state index in [1.165, 1.54) is 17.5 Å². The number of rotatable bonds is 4. The lowest BCUT2D eigenvalue weighted by Gasteiger charge is -2.32. The number of amides is 1. The summed E-state index contributed by atoms with van der Waals surface area (Å²) in [6, 6.07) is 8.80. The van der Waals surface area contributed by atoms with E-state index in [1.807, 2.05) is 11.8 Å². The lowest BCUT2D eigenvalue weighted by atomic mass is 9.90. The first kappa shape index (κ1) is 18.0. The average molecular weight is 360 g/mol. The fraction of sp³-hybridized carbons (Fsp3) is 0.500. The summed E-state index contributed by atoms with van der Waals surface area (Å²) in [6.07, 6.45) is 4.44. The molecule has 5 heteroatoms. The van der Waals surface area contributed by atoms with Crippen LogP contribution in [0.1, 0.15) is 46.4 Å². The Bertz CT molecular complexity index is 743. The SMILES string of the molecule is Cc1ccc(CCC2CCN(C(=O)c3c(C)nn(C)c3Cl)CC2)cc1. The Morgan fingerprint density at radius 1 is 1.20 bits per heavy atom. The molecule has 1 amide bonds. The van der Waals surface area contributed by atoms with Crippen molar-refractivity contribution >= 4 is 17.5 Å². The number of benzene rings is 1. The van der Waals surface area contributed by atoms with Gasteiger partial charge in [-0.3, -0.25) is 9.48 Å². The van der Waals surface area contributed by atoms with Crippen molar-refractivity contribution in [3.8, 4) is 0 Å². The Morgan fingerprint density at radius 2 is 1.84 bits per heavy atom. The van der Waals surface area contributed by atoms with Gasteiger partial charge < -0.3 is 4.90 Å². The summed E-state index contributed by atoms with van der Waals surface area (Å²) in [5.74, 6) is 0.711. The lowest BCUT2D eigenvalue weighted by molar-refractivity contribution is 0.0686. The van der Waals surface area contributed by atoms with Crippen LogP contribution in [-0.2, 0) is 13.5 Å². The van der Waals surface area contributed by atoms with Gasteiger partial charge in [0.25, 0.3) is 5.91 Å². The Morgan fingerprint density at radius 3 is 2.40 bits per heavy atom. The van der Waals surface area contributed by atoms with E-state index in [9.17, 15) is 4.79 Å². The fourth-order valence-corrected chi connectivity index (χ4v) is 3.84. The van der Waals surface area contributed by atoms with Crippen LogP contribution in [-0.4, -0.2) is 33.7 Å². The number of hydrogen-bond acceptors (Lipinski definition) is 2. The van der Waals surface area contributed by atoms with Gasteiger partial charge in [0, 0.05) is 20.1 Å². The molecule has 0 spiro atoms. The van der Waals surface area contributed by atoms with Crippen molar-refractivity contribution in [3.05, 3.63) is 51.8 Å². The highest BCUT2D eigenvalue weighted by molar-refractivity contribution is 6.33. The molecule has 3 rings (SSSR count). The number of aryl methyl sites for hydroxylation is 4. The summed E-state index contributed by atoms with van der Waals surface area (Å²) in [5.41, 5.74) is 3.98. The molecular formula is C20H26ClN3O. The molecule has 0 N–H and O–H groups in total. The van der Waals surface area contributed by atoms with Crippen molar-refractivity contribution in [2.45, 2.75) is 39.5 Å². The summed E-state index contributed by atoms with van der Waals surface area (Å²) in [5, 5.41) is 4.68. The highest BCUT2D eigenvalue weighted by atomic mass is 35.5. The first-order chi connectivity index (χ1) is 12.0. The van der Waals surface area contributed by atoms with Gasteiger partial charge in [-0.1, -0.05) is 41.4 Å². The number of hydrogen-bond donors (Lipinski definition) is 0. The van der Waals surface area contributed by atoms with E-state index >= 15 is 0 Å². The van der Waals surface area contributed by atoms with E-state index in [0.717, 1.165) is 32.4 Å². The molecule has 1 fully saturated rings. The third-order valence-corrected chi connectivity index (χ3v) is 5.66. The standard InChI is InChI=1S/C20H26ClN3O/c1-14-4-6-16(7-5-14)8-9-17-10-12-24(13-11-17)20(25)18-15(2)22-23(3)19(18)21/h4-7,17H,8-13H2,1-3H3. The third kappa shape index (κ3) is 4.06. The molecule has 4 nitrogen and oxygen atoms in total. The summed E-state index contributed by atoms with van der Waals surface area (Å²) in [4.78, 5) is 14.7. The quantitative estimate of drug-likeness (QED) is 0.821. The second-order valence-electron chi connectivity index (χ2n) is 7.13. The minimum atomic E-state index is 0.0209. The molecule has 0 radical (unpaired) electrons. The molecule has 0 aliphatic carbocycles. The molecule has 0 bridgehead atoms. The summed E-state index contributed by atoms with van der Waals surface area (Å²) in [7, 11) is 1.77. The number of likely N-dealkylation sites (tertiary alicyclic amines) is 1. The smallest absolute Gasteiger partial charge is 0.258 e. The Balaban J connectivity index is 1.53. The largest absolute Gasteiger partial charge is 0.338 e. The minimum absolute atomic E-state index is 0.0209. The van der Waals surface area contributed by atoms with Crippen LogP contribution >= 0.6 is 11.6 Å². The van der Waals surface area contributed by atoms with E-state index in [0.29, 0.717) is 22.3 Å². The van der Waals surface area contributed by atoms with Gasteiger partial charge in [0.1, 0.15) is 5.15 Å². The van der Waals surface area contributed by atoms with Gasteiger partial charge in [0.2, 0.25) is 0 Å². The van der Waals surface area contributed by atoms with Gasteiger partial charge in [0.15, 0.2) is 0 Å². The van der Waals surface area contributed by atoms with Crippen molar-refractivity contribution in [1.29, 1.82) is 0 Å². The number of nitrogens with zero attached hydrogens (tertiary/aromatic N) is 3. The van der Waals surface area contributed by atoms with Crippen LogP contribution < -0.4 is 0 Å². The van der Waals surface area contributed by atoms with Crippen molar-refractivity contribution in [2.24, 2.45) is 13.0 Å². The zero-order valence-electron chi connectivity index (χ0n) is 15.3. The van der Waals surface area contributed by atoms with Crippen molar-refractivity contribution in [1.82, 2.24) is 14.7 Å². The molecule has 2 aromatic rings. The molecule has 1 aromatic heterocycles. The molecule has 0 atom stereocenters. The first-order valence-corrected chi connectivity index (χ1v) is 9.37. The second kappa shape index (κ2) is 7.61. The van der Waals surface area contributed by atoms with Gasteiger partial charge >= 0.3 is 0 Å². The van der Waals surface area contributed by atoms with Gasteiger partial charge in [-0.05, 0) is 51.0 Å². The Kier molecular flexibility index (Phi) is 5.48. The topological polar surface area (TPSA) is 38.1 Å². The minimum Gasteiger partial charge on any atom is -0.338 e. The Labute approximate surface area is 154 Å². The summed E-state index contributed by atoms with van der Waals surface area (Å²) >= 11 is 6.24. The zero-order chi connectivity index (χ0) is 18.0. The highest BCUT2D eigenvalue weighted by Crippen LogP contribution is 2.26. The molecule has 0 saturated carbocycles. The van der Waals surface area contributed by atoms with Crippen LogP contribution in [0.5, 0.6) is 0 Å². The first-order valence-electron chi connectivity index (χ1n) is 8.99. The normalized spacial score (nSPS) is 15.6. The van der Waals surface area contributed by atoms with Gasteiger partial charge in [-0.25, -0.2) is 0 Å². The van der Waals surface area contributed by atoms with Crippen LogP contribution in [0.15, 0.2) is 24.3 Å². The van der Waals surface area contributed by atoms with Crippen LogP contribution in [0.2, 0.25) is 5.15 Å². The molecule has 1 saturated heterocycles. The second-order valence-corrected chi connectivity index (χ2v) is 7.49. The lowest BCUT2D eigenvalue weighted by Crippen LogP contribution is -2.38. The number of halogens is 1. The van der Waals surface area contributed by atoms with Crippen LogP contribution in [0, 0.1) is 19.8 Å². The summed E-state index contributed by atoms with van der Waals surface area (Å²) in [6.45, 7) is 5.57. The average Bonchev–Trinajstić information content (AvgIpc) is 2.86. The fourth-order valence-electron chi connectivity index (χ4n) is 3.58.